The number of alkyl halides is 3. The van der Waals surface area contributed by atoms with Gasteiger partial charge < -0.3 is 0 Å². The Morgan fingerprint density at radius 2 is 2.17 bits per heavy atom. The highest BCUT2D eigenvalue weighted by molar-refractivity contribution is 5.59. The third kappa shape index (κ3) is 3.54. The van der Waals surface area contributed by atoms with Gasteiger partial charge in [-0.05, 0) is 23.2 Å². The second kappa shape index (κ2) is 5.75. The van der Waals surface area contributed by atoms with Crippen molar-refractivity contribution in [2.45, 2.75) is 6.18 Å². The van der Waals surface area contributed by atoms with E-state index in [-0.39, 0.29) is 12.1 Å². The lowest BCUT2D eigenvalue weighted by atomic mass is 10.0. The van der Waals surface area contributed by atoms with E-state index in [2.05, 4.69) is 10.0 Å². The molecule has 0 aliphatic carbocycles. The highest BCUT2D eigenvalue weighted by Crippen LogP contribution is 2.30. The van der Waals surface area contributed by atoms with Crippen molar-refractivity contribution in [3.63, 3.8) is 0 Å². The van der Waals surface area contributed by atoms with Crippen molar-refractivity contribution >= 4 is 6.08 Å². The third-order valence-corrected chi connectivity index (χ3v) is 2.05. The Kier molecular flexibility index (Phi) is 4.35. The standard InChI is InChI=1S/C11H7F3N4/c12-11(13,14)10-4-3-8(9(6-10)7-15)2-1-5-17-18-16/h1-4,6H,5H2. The SMILES string of the molecule is N#Cc1cc(C(F)(F)F)ccc1C=CCN=[N+]=[N-]. The molecule has 0 aromatic heterocycles. The van der Waals surface area contributed by atoms with E-state index in [1.807, 2.05) is 0 Å². The number of halogens is 3. The van der Waals surface area contributed by atoms with Crippen LogP contribution in [0.5, 0.6) is 0 Å². The summed E-state index contributed by atoms with van der Waals surface area (Å²) in [6, 6.07) is 4.58. The maximum absolute atomic E-state index is 12.4. The van der Waals surface area contributed by atoms with Gasteiger partial charge in [-0.15, -0.1) is 0 Å². The topological polar surface area (TPSA) is 72.5 Å². The number of nitriles is 1. The molecule has 4 nitrogen and oxygen atoms in total. The van der Waals surface area contributed by atoms with Crippen LogP contribution < -0.4 is 0 Å². The Balaban J connectivity index is 3.05. The van der Waals surface area contributed by atoms with Gasteiger partial charge in [0.05, 0.1) is 17.2 Å². The Morgan fingerprint density at radius 1 is 1.44 bits per heavy atom. The maximum Gasteiger partial charge on any atom is 0.416 e. The van der Waals surface area contributed by atoms with Gasteiger partial charge in [-0.2, -0.15) is 18.4 Å². The summed E-state index contributed by atoms with van der Waals surface area (Å²) < 4.78 is 37.2. The Bertz CT molecular complexity index is 548. The summed E-state index contributed by atoms with van der Waals surface area (Å²) in [6.07, 6.45) is -1.57. The van der Waals surface area contributed by atoms with Crippen LogP contribution in [0.2, 0.25) is 0 Å². The van der Waals surface area contributed by atoms with Crippen LogP contribution in [0.15, 0.2) is 29.4 Å². The Hall–Kier alpha value is -2.45. The number of benzene rings is 1. The van der Waals surface area contributed by atoms with Crippen LogP contribution in [0.25, 0.3) is 16.5 Å². The summed E-state index contributed by atoms with van der Waals surface area (Å²) >= 11 is 0. The summed E-state index contributed by atoms with van der Waals surface area (Å²) in [5.41, 5.74) is 7.43. The predicted octanol–water partition coefficient (Wildman–Crippen LogP) is 3.90. The molecular formula is C11H7F3N4. The molecule has 1 aromatic rings. The average Bonchev–Trinajstić information content (AvgIpc) is 2.33. The van der Waals surface area contributed by atoms with Gasteiger partial charge in [-0.1, -0.05) is 23.3 Å². The number of rotatable bonds is 3. The van der Waals surface area contributed by atoms with Gasteiger partial charge in [0.2, 0.25) is 0 Å². The van der Waals surface area contributed by atoms with Crippen molar-refractivity contribution in [1.82, 2.24) is 0 Å². The fourth-order valence-electron chi connectivity index (χ4n) is 1.24. The number of azide groups is 1. The second-order valence-corrected chi connectivity index (χ2v) is 3.23. The molecule has 0 amide bonds. The highest BCUT2D eigenvalue weighted by Gasteiger charge is 2.30. The lowest BCUT2D eigenvalue weighted by Crippen LogP contribution is -2.05. The third-order valence-electron chi connectivity index (χ3n) is 2.05. The summed E-state index contributed by atoms with van der Waals surface area (Å²) in [5, 5.41) is 12.0. The van der Waals surface area contributed by atoms with E-state index in [0.29, 0.717) is 5.56 Å². The molecule has 0 heterocycles. The number of hydrogen-bond donors (Lipinski definition) is 0. The van der Waals surface area contributed by atoms with E-state index in [0.717, 1.165) is 12.1 Å². The molecule has 1 aromatic carbocycles. The molecule has 92 valence electrons. The lowest BCUT2D eigenvalue weighted by Gasteiger charge is -2.07. The minimum Gasteiger partial charge on any atom is -0.192 e. The van der Waals surface area contributed by atoms with Crippen molar-refractivity contribution < 1.29 is 13.2 Å². The molecule has 18 heavy (non-hydrogen) atoms. The van der Waals surface area contributed by atoms with Gasteiger partial charge in [0.25, 0.3) is 0 Å². The molecular weight excluding hydrogens is 245 g/mol. The van der Waals surface area contributed by atoms with Gasteiger partial charge in [-0.25, -0.2) is 0 Å². The zero-order chi connectivity index (χ0) is 13.6. The molecule has 0 saturated heterocycles. The summed E-state index contributed by atoms with van der Waals surface area (Å²) in [6.45, 7) is 0.0718. The molecule has 0 aliphatic heterocycles. The monoisotopic (exact) mass is 252 g/mol. The van der Waals surface area contributed by atoms with Gasteiger partial charge in [-0.3, -0.25) is 0 Å². The van der Waals surface area contributed by atoms with Crippen molar-refractivity contribution in [1.29, 1.82) is 5.26 Å². The Morgan fingerprint density at radius 3 is 2.72 bits per heavy atom. The zero-order valence-corrected chi connectivity index (χ0v) is 9.02. The van der Waals surface area contributed by atoms with Gasteiger partial charge >= 0.3 is 6.18 Å². The van der Waals surface area contributed by atoms with Crippen molar-refractivity contribution in [2.24, 2.45) is 5.11 Å². The van der Waals surface area contributed by atoms with Crippen LogP contribution in [0.4, 0.5) is 13.2 Å². The summed E-state index contributed by atoms with van der Waals surface area (Å²) in [5.74, 6) is 0. The average molecular weight is 252 g/mol. The second-order valence-electron chi connectivity index (χ2n) is 3.23. The van der Waals surface area contributed by atoms with Crippen LogP contribution >= 0.6 is 0 Å². The molecule has 0 aliphatic rings. The fraction of sp³-hybridized carbons (Fsp3) is 0.182. The van der Waals surface area contributed by atoms with E-state index >= 15 is 0 Å². The van der Waals surface area contributed by atoms with E-state index < -0.39 is 11.7 Å². The largest absolute Gasteiger partial charge is 0.416 e. The van der Waals surface area contributed by atoms with Crippen LogP contribution in [0.3, 0.4) is 0 Å². The molecule has 0 radical (unpaired) electrons. The van der Waals surface area contributed by atoms with Crippen molar-refractivity contribution in [3.05, 3.63) is 51.4 Å². The number of nitrogens with zero attached hydrogens (tertiary/aromatic N) is 4. The molecule has 0 unspecified atom stereocenters. The molecule has 0 N–H and O–H groups in total. The normalized spacial score (nSPS) is 11.0. The molecule has 0 atom stereocenters. The van der Waals surface area contributed by atoms with Gasteiger partial charge in [0, 0.05) is 11.5 Å². The first-order chi connectivity index (χ1) is 8.49. The van der Waals surface area contributed by atoms with E-state index in [1.54, 1.807) is 6.07 Å². The predicted molar refractivity (Wildman–Crippen MR) is 59.2 cm³/mol. The van der Waals surface area contributed by atoms with E-state index in [4.69, 9.17) is 10.8 Å². The van der Waals surface area contributed by atoms with Crippen molar-refractivity contribution in [3.8, 4) is 6.07 Å². The molecule has 0 fully saturated rings. The molecule has 0 spiro atoms. The van der Waals surface area contributed by atoms with Crippen LogP contribution in [0, 0.1) is 11.3 Å². The van der Waals surface area contributed by atoms with Crippen LogP contribution in [0.1, 0.15) is 16.7 Å². The fourth-order valence-corrected chi connectivity index (χ4v) is 1.24. The highest BCUT2D eigenvalue weighted by atomic mass is 19.4. The van der Waals surface area contributed by atoms with Crippen LogP contribution in [-0.2, 0) is 6.18 Å². The first kappa shape index (κ1) is 13.6. The van der Waals surface area contributed by atoms with Crippen molar-refractivity contribution in [2.75, 3.05) is 6.54 Å². The van der Waals surface area contributed by atoms with Gasteiger partial charge in [0.15, 0.2) is 0 Å². The van der Waals surface area contributed by atoms with Crippen LogP contribution in [-0.4, -0.2) is 6.54 Å². The van der Waals surface area contributed by atoms with Gasteiger partial charge in [0.1, 0.15) is 0 Å². The lowest BCUT2D eigenvalue weighted by molar-refractivity contribution is -0.137. The minimum absolute atomic E-state index is 0.0718. The minimum atomic E-state index is -4.47. The first-order valence-electron chi connectivity index (χ1n) is 4.78. The molecule has 1 rings (SSSR count). The quantitative estimate of drug-likeness (QED) is 0.456. The summed E-state index contributed by atoms with van der Waals surface area (Å²) in [4.78, 5) is 2.52. The molecule has 0 saturated carbocycles. The summed E-state index contributed by atoms with van der Waals surface area (Å²) in [7, 11) is 0. The number of hydrogen-bond acceptors (Lipinski definition) is 2. The smallest absolute Gasteiger partial charge is 0.192 e. The van der Waals surface area contributed by atoms with E-state index in [1.165, 1.54) is 18.2 Å². The molecule has 0 bridgehead atoms. The Labute approximate surface area is 101 Å². The first-order valence-corrected chi connectivity index (χ1v) is 4.78. The maximum atomic E-state index is 12.4. The molecule has 7 heteroatoms. The van der Waals surface area contributed by atoms with E-state index in [9.17, 15) is 13.2 Å². The zero-order valence-electron chi connectivity index (χ0n) is 9.02.